The second-order valence-corrected chi connectivity index (χ2v) is 4.11. The van der Waals surface area contributed by atoms with Gasteiger partial charge in [0.05, 0.1) is 19.3 Å². The van der Waals surface area contributed by atoms with Crippen molar-refractivity contribution in [2.75, 3.05) is 7.11 Å². The van der Waals surface area contributed by atoms with Crippen molar-refractivity contribution in [1.29, 1.82) is 0 Å². The van der Waals surface area contributed by atoms with E-state index in [0.29, 0.717) is 0 Å². The van der Waals surface area contributed by atoms with Crippen molar-refractivity contribution in [3.05, 3.63) is 28.2 Å². The summed E-state index contributed by atoms with van der Waals surface area (Å²) >= 11 is 3.35. The summed E-state index contributed by atoms with van der Waals surface area (Å²) in [7, 11) is 1.60. The minimum Gasteiger partial charge on any atom is -0.497 e. The van der Waals surface area contributed by atoms with Crippen LogP contribution in [0.15, 0.2) is 22.7 Å². The molecule has 0 heterocycles. The van der Waals surface area contributed by atoms with Crippen LogP contribution in [0, 0.1) is 0 Å². The number of benzene rings is 1. The zero-order valence-corrected chi connectivity index (χ0v) is 9.78. The predicted octanol–water partition coefficient (Wildman–Crippen LogP) is 1.84. The fourth-order valence-electron chi connectivity index (χ4n) is 1.17. The fourth-order valence-corrected chi connectivity index (χ4v) is 1.66. The third-order valence-corrected chi connectivity index (χ3v) is 2.49. The first-order valence-electron chi connectivity index (χ1n) is 4.32. The summed E-state index contributed by atoms with van der Waals surface area (Å²) in [4.78, 5) is 0. The van der Waals surface area contributed by atoms with E-state index in [2.05, 4.69) is 15.9 Å². The zero-order valence-electron chi connectivity index (χ0n) is 8.20. The highest BCUT2D eigenvalue weighted by Gasteiger charge is 2.13. The van der Waals surface area contributed by atoms with E-state index < -0.39 is 6.10 Å². The first kappa shape index (κ1) is 11.5. The van der Waals surface area contributed by atoms with Crippen molar-refractivity contribution in [2.24, 2.45) is 5.73 Å². The molecule has 0 radical (unpaired) electrons. The van der Waals surface area contributed by atoms with Gasteiger partial charge in [0.15, 0.2) is 0 Å². The number of rotatable bonds is 3. The average molecular weight is 260 g/mol. The van der Waals surface area contributed by atoms with Crippen LogP contribution in [0.2, 0.25) is 0 Å². The molecule has 3 N–H and O–H groups in total. The molecule has 1 aromatic carbocycles. The van der Waals surface area contributed by atoms with Gasteiger partial charge in [0.1, 0.15) is 5.75 Å². The molecule has 0 amide bonds. The summed E-state index contributed by atoms with van der Waals surface area (Å²) in [5.41, 5.74) is 6.66. The van der Waals surface area contributed by atoms with Gasteiger partial charge in [-0.1, -0.05) is 15.9 Å². The lowest BCUT2D eigenvalue weighted by Crippen LogP contribution is -2.23. The van der Waals surface area contributed by atoms with Crippen LogP contribution in [0.3, 0.4) is 0 Å². The lowest BCUT2D eigenvalue weighted by molar-refractivity contribution is 0.164. The van der Waals surface area contributed by atoms with Crippen LogP contribution in [0.4, 0.5) is 0 Å². The van der Waals surface area contributed by atoms with Crippen LogP contribution in [-0.2, 0) is 0 Å². The van der Waals surface area contributed by atoms with Crippen LogP contribution >= 0.6 is 15.9 Å². The second-order valence-electron chi connectivity index (χ2n) is 3.19. The molecule has 0 unspecified atom stereocenters. The summed E-state index contributed by atoms with van der Waals surface area (Å²) in [5, 5.41) is 9.35. The normalized spacial score (nSPS) is 14.9. The highest BCUT2D eigenvalue weighted by atomic mass is 79.9. The maximum atomic E-state index is 9.35. The third kappa shape index (κ3) is 2.70. The molecular weight excluding hydrogens is 246 g/mol. The van der Waals surface area contributed by atoms with Gasteiger partial charge < -0.3 is 15.6 Å². The molecule has 2 atom stereocenters. The Morgan fingerprint density at radius 2 is 2.07 bits per heavy atom. The van der Waals surface area contributed by atoms with Crippen molar-refractivity contribution in [3.63, 3.8) is 0 Å². The molecular formula is C10H14BrNO2. The Balaban J connectivity index is 3.02. The van der Waals surface area contributed by atoms with E-state index in [1.807, 2.05) is 18.2 Å². The molecule has 1 rings (SSSR count). The Bertz CT molecular complexity index is 315. The number of hydrogen-bond donors (Lipinski definition) is 2. The number of aliphatic hydroxyl groups excluding tert-OH is 1. The highest BCUT2D eigenvalue weighted by molar-refractivity contribution is 9.10. The van der Waals surface area contributed by atoms with E-state index in [-0.39, 0.29) is 6.04 Å². The van der Waals surface area contributed by atoms with Crippen LogP contribution < -0.4 is 10.5 Å². The molecule has 0 saturated carbocycles. The molecule has 0 saturated heterocycles. The van der Waals surface area contributed by atoms with Gasteiger partial charge in [-0.3, -0.25) is 0 Å². The number of ether oxygens (including phenoxy) is 1. The van der Waals surface area contributed by atoms with Gasteiger partial charge in [-0.25, -0.2) is 0 Å². The maximum Gasteiger partial charge on any atom is 0.120 e. The first-order valence-corrected chi connectivity index (χ1v) is 5.12. The molecule has 0 aromatic heterocycles. The highest BCUT2D eigenvalue weighted by Crippen LogP contribution is 2.25. The average Bonchev–Trinajstić information content (AvgIpc) is 2.15. The second kappa shape index (κ2) is 4.77. The molecule has 0 fully saturated rings. The molecule has 78 valence electrons. The monoisotopic (exact) mass is 259 g/mol. The summed E-state index contributed by atoms with van der Waals surface area (Å²) in [6.07, 6.45) is -0.575. The quantitative estimate of drug-likeness (QED) is 0.871. The van der Waals surface area contributed by atoms with E-state index in [1.165, 1.54) is 0 Å². The van der Waals surface area contributed by atoms with Crippen molar-refractivity contribution < 1.29 is 9.84 Å². The van der Waals surface area contributed by atoms with Crippen molar-refractivity contribution in [2.45, 2.75) is 19.1 Å². The van der Waals surface area contributed by atoms with E-state index in [9.17, 15) is 5.11 Å². The Kier molecular flexibility index (Phi) is 3.92. The van der Waals surface area contributed by atoms with Crippen LogP contribution in [0.5, 0.6) is 5.75 Å². The summed E-state index contributed by atoms with van der Waals surface area (Å²) in [6.45, 7) is 1.66. The minimum absolute atomic E-state index is 0.388. The molecule has 0 aliphatic carbocycles. The molecule has 0 aliphatic heterocycles. The van der Waals surface area contributed by atoms with Crippen LogP contribution in [0.25, 0.3) is 0 Å². The topological polar surface area (TPSA) is 55.5 Å². The van der Waals surface area contributed by atoms with Crippen molar-refractivity contribution >= 4 is 15.9 Å². The van der Waals surface area contributed by atoms with Crippen LogP contribution in [0.1, 0.15) is 18.5 Å². The first-order chi connectivity index (χ1) is 6.54. The lowest BCUT2D eigenvalue weighted by atomic mass is 10.0. The van der Waals surface area contributed by atoms with E-state index in [0.717, 1.165) is 15.8 Å². The van der Waals surface area contributed by atoms with Crippen molar-refractivity contribution in [3.8, 4) is 5.75 Å². The summed E-state index contributed by atoms with van der Waals surface area (Å²) in [6, 6.07) is 5.15. The minimum atomic E-state index is -0.575. The van der Waals surface area contributed by atoms with E-state index in [1.54, 1.807) is 14.0 Å². The number of aliphatic hydroxyl groups is 1. The summed E-state index contributed by atoms with van der Waals surface area (Å²) < 4.78 is 5.99. The Morgan fingerprint density at radius 3 is 2.57 bits per heavy atom. The van der Waals surface area contributed by atoms with Gasteiger partial charge in [0, 0.05) is 4.47 Å². The standard InChI is InChI=1S/C10H14BrNO2/c1-6(13)10(12)7-3-8(11)5-9(4-7)14-2/h3-6,10,13H,12H2,1-2H3/t6-,10+/m0/s1. The Hall–Kier alpha value is -0.580. The van der Waals surface area contributed by atoms with Crippen LogP contribution in [-0.4, -0.2) is 18.3 Å². The third-order valence-electron chi connectivity index (χ3n) is 2.03. The Morgan fingerprint density at radius 1 is 1.43 bits per heavy atom. The van der Waals surface area contributed by atoms with E-state index in [4.69, 9.17) is 10.5 Å². The fraction of sp³-hybridized carbons (Fsp3) is 0.400. The Labute approximate surface area is 92.0 Å². The molecule has 14 heavy (non-hydrogen) atoms. The van der Waals surface area contributed by atoms with Gasteiger partial charge in [0.2, 0.25) is 0 Å². The molecule has 0 bridgehead atoms. The molecule has 0 spiro atoms. The number of halogens is 1. The number of methoxy groups -OCH3 is 1. The van der Waals surface area contributed by atoms with Gasteiger partial charge >= 0.3 is 0 Å². The molecule has 4 heteroatoms. The molecule has 3 nitrogen and oxygen atoms in total. The maximum absolute atomic E-state index is 9.35. The molecule has 1 aromatic rings. The zero-order chi connectivity index (χ0) is 10.7. The van der Waals surface area contributed by atoms with Gasteiger partial charge in [-0.2, -0.15) is 0 Å². The number of nitrogens with two attached hydrogens (primary N) is 1. The van der Waals surface area contributed by atoms with Gasteiger partial charge in [-0.05, 0) is 30.7 Å². The van der Waals surface area contributed by atoms with Crippen molar-refractivity contribution in [1.82, 2.24) is 0 Å². The SMILES string of the molecule is COc1cc(Br)cc([C@H](N)[C@H](C)O)c1. The predicted molar refractivity (Wildman–Crippen MR) is 59.3 cm³/mol. The smallest absolute Gasteiger partial charge is 0.120 e. The van der Waals surface area contributed by atoms with E-state index >= 15 is 0 Å². The van der Waals surface area contributed by atoms with Gasteiger partial charge in [-0.15, -0.1) is 0 Å². The number of hydrogen-bond acceptors (Lipinski definition) is 3. The lowest BCUT2D eigenvalue weighted by Gasteiger charge is -2.16. The largest absolute Gasteiger partial charge is 0.497 e. The molecule has 0 aliphatic rings. The van der Waals surface area contributed by atoms with Gasteiger partial charge in [0.25, 0.3) is 0 Å². The summed E-state index contributed by atoms with van der Waals surface area (Å²) in [5.74, 6) is 0.727.